The van der Waals surface area contributed by atoms with E-state index < -0.39 is 0 Å². The van der Waals surface area contributed by atoms with Crippen LogP contribution in [-0.4, -0.2) is 15.0 Å². The Balaban J connectivity index is 2.57. The van der Waals surface area contributed by atoms with Crippen molar-refractivity contribution >= 4 is 19.4 Å². The predicted molar refractivity (Wildman–Crippen MR) is 65.2 cm³/mol. The first-order valence-electron chi connectivity index (χ1n) is 5.32. The molecule has 0 saturated carbocycles. The standard InChI is InChI=1S/C13H17FSe/c1-3-4-10-13(14)11(2)15-12-8-6-5-7-9-12/h5-9H,3-4,10H2,1-2H3/b13-11+. The second-order valence-corrected chi connectivity index (χ2v) is 6.18. The Kier molecular flexibility index (Phi) is 5.67. The fourth-order valence-corrected chi connectivity index (χ4v) is 3.03. The van der Waals surface area contributed by atoms with E-state index in [9.17, 15) is 4.39 Å². The van der Waals surface area contributed by atoms with Gasteiger partial charge in [-0.2, -0.15) is 0 Å². The van der Waals surface area contributed by atoms with Crippen LogP contribution in [0.1, 0.15) is 33.1 Å². The fraction of sp³-hybridized carbons (Fsp3) is 0.385. The molecule has 0 nitrogen and oxygen atoms in total. The summed E-state index contributed by atoms with van der Waals surface area (Å²) in [7, 11) is 0. The number of halogens is 1. The quantitative estimate of drug-likeness (QED) is 0.720. The molecular weight excluding hydrogens is 254 g/mol. The minimum atomic E-state index is 0.0979. The van der Waals surface area contributed by atoms with Gasteiger partial charge in [0.15, 0.2) is 0 Å². The summed E-state index contributed by atoms with van der Waals surface area (Å²) in [5.41, 5.74) is 0. The Morgan fingerprint density at radius 3 is 2.53 bits per heavy atom. The summed E-state index contributed by atoms with van der Waals surface area (Å²) in [4.78, 5) is 0. The molecule has 2 heteroatoms. The molecule has 0 unspecified atom stereocenters. The van der Waals surface area contributed by atoms with Crippen LogP contribution < -0.4 is 4.46 Å². The zero-order chi connectivity index (χ0) is 11.1. The van der Waals surface area contributed by atoms with E-state index in [4.69, 9.17) is 0 Å². The molecule has 0 aromatic heterocycles. The topological polar surface area (TPSA) is 0 Å². The van der Waals surface area contributed by atoms with Crippen LogP contribution in [0.3, 0.4) is 0 Å². The summed E-state index contributed by atoms with van der Waals surface area (Å²) in [6, 6.07) is 10.1. The normalized spacial score (nSPS) is 12.5. The van der Waals surface area contributed by atoms with Crippen molar-refractivity contribution in [2.24, 2.45) is 0 Å². The van der Waals surface area contributed by atoms with E-state index in [-0.39, 0.29) is 20.8 Å². The number of unbranched alkanes of at least 4 members (excludes halogenated alkanes) is 1. The van der Waals surface area contributed by atoms with E-state index in [2.05, 4.69) is 19.1 Å². The minimum absolute atomic E-state index is 0.0979. The first-order chi connectivity index (χ1) is 7.24. The van der Waals surface area contributed by atoms with Gasteiger partial charge in [0.1, 0.15) is 0 Å². The van der Waals surface area contributed by atoms with Gasteiger partial charge in [0.2, 0.25) is 0 Å². The SMILES string of the molecule is CCCC/C(F)=C(/C)[Se]c1ccccc1. The molecule has 0 atom stereocenters. The van der Waals surface area contributed by atoms with E-state index in [1.54, 1.807) is 0 Å². The first-order valence-corrected chi connectivity index (χ1v) is 7.03. The van der Waals surface area contributed by atoms with Crippen LogP contribution in [0.2, 0.25) is 0 Å². The Morgan fingerprint density at radius 2 is 1.93 bits per heavy atom. The molecule has 1 aromatic rings. The molecule has 1 aromatic carbocycles. The third kappa shape index (κ3) is 4.63. The van der Waals surface area contributed by atoms with Crippen LogP contribution in [0.25, 0.3) is 0 Å². The van der Waals surface area contributed by atoms with Crippen LogP contribution in [0.4, 0.5) is 4.39 Å². The van der Waals surface area contributed by atoms with Crippen molar-refractivity contribution in [3.8, 4) is 0 Å². The van der Waals surface area contributed by atoms with Crippen molar-refractivity contribution in [2.45, 2.75) is 33.1 Å². The van der Waals surface area contributed by atoms with Gasteiger partial charge in [-0.1, -0.05) is 0 Å². The zero-order valence-corrected chi connectivity index (χ0v) is 11.0. The van der Waals surface area contributed by atoms with E-state index in [0.29, 0.717) is 6.42 Å². The van der Waals surface area contributed by atoms with Crippen molar-refractivity contribution < 1.29 is 4.39 Å². The van der Waals surface area contributed by atoms with Gasteiger partial charge in [0, 0.05) is 0 Å². The van der Waals surface area contributed by atoms with Crippen molar-refractivity contribution in [3.05, 3.63) is 40.6 Å². The molecule has 0 N–H and O–H groups in total. The molecule has 0 heterocycles. The van der Waals surface area contributed by atoms with Crippen molar-refractivity contribution in [1.82, 2.24) is 0 Å². The Labute approximate surface area is 97.7 Å². The third-order valence-corrected chi connectivity index (χ3v) is 4.32. The van der Waals surface area contributed by atoms with Gasteiger partial charge in [-0.25, -0.2) is 0 Å². The molecule has 0 aliphatic heterocycles. The fourth-order valence-electron chi connectivity index (χ4n) is 1.23. The van der Waals surface area contributed by atoms with E-state index in [1.807, 2.05) is 25.1 Å². The molecule has 0 radical (unpaired) electrons. The van der Waals surface area contributed by atoms with Crippen LogP contribution in [-0.2, 0) is 0 Å². The Morgan fingerprint density at radius 1 is 1.27 bits per heavy atom. The van der Waals surface area contributed by atoms with Gasteiger partial charge in [0.05, 0.1) is 0 Å². The molecular formula is C13H17FSe. The van der Waals surface area contributed by atoms with Gasteiger partial charge in [0.25, 0.3) is 0 Å². The van der Waals surface area contributed by atoms with E-state index in [1.165, 1.54) is 4.46 Å². The molecule has 0 saturated heterocycles. The molecule has 0 amide bonds. The van der Waals surface area contributed by atoms with Crippen LogP contribution in [0, 0.1) is 0 Å². The summed E-state index contributed by atoms with van der Waals surface area (Å²) in [6.07, 6.45) is 2.62. The summed E-state index contributed by atoms with van der Waals surface area (Å²) in [5, 5.41) is 0. The monoisotopic (exact) mass is 272 g/mol. The summed E-state index contributed by atoms with van der Waals surface area (Å²) in [6.45, 7) is 4.00. The van der Waals surface area contributed by atoms with E-state index >= 15 is 0 Å². The maximum atomic E-state index is 13.6. The van der Waals surface area contributed by atoms with Crippen molar-refractivity contribution in [1.29, 1.82) is 0 Å². The molecule has 0 aliphatic rings. The zero-order valence-electron chi connectivity index (χ0n) is 9.29. The van der Waals surface area contributed by atoms with Gasteiger partial charge < -0.3 is 0 Å². The molecule has 82 valence electrons. The summed E-state index contributed by atoms with van der Waals surface area (Å²) >= 11 is 0.152. The molecule has 0 aliphatic carbocycles. The molecule has 0 bridgehead atoms. The van der Waals surface area contributed by atoms with Gasteiger partial charge in [-0.3, -0.25) is 0 Å². The van der Waals surface area contributed by atoms with Crippen LogP contribution in [0.5, 0.6) is 0 Å². The summed E-state index contributed by atoms with van der Waals surface area (Å²) < 4.78 is 15.7. The van der Waals surface area contributed by atoms with Gasteiger partial charge in [-0.05, 0) is 0 Å². The van der Waals surface area contributed by atoms with Gasteiger partial charge >= 0.3 is 97.5 Å². The van der Waals surface area contributed by atoms with E-state index in [0.717, 1.165) is 17.3 Å². The molecule has 1 rings (SSSR count). The molecule has 15 heavy (non-hydrogen) atoms. The third-order valence-electron chi connectivity index (χ3n) is 2.15. The average molecular weight is 271 g/mol. The summed E-state index contributed by atoms with van der Waals surface area (Å²) in [5.74, 6) is 0.0979. The molecule has 0 fully saturated rings. The maximum absolute atomic E-state index is 13.6. The second kappa shape index (κ2) is 6.81. The average Bonchev–Trinajstić information content (AvgIpc) is 2.27. The van der Waals surface area contributed by atoms with Crippen molar-refractivity contribution in [2.75, 3.05) is 0 Å². The Hall–Kier alpha value is -0.591. The number of hydrogen-bond acceptors (Lipinski definition) is 0. The van der Waals surface area contributed by atoms with Gasteiger partial charge in [-0.15, -0.1) is 0 Å². The predicted octanol–water partition coefficient (Wildman–Crippen LogP) is 3.41. The van der Waals surface area contributed by atoms with Crippen LogP contribution >= 0.6 is 0 Å². The Bertz CT molecular complexity index is 317. The number of benzene rings is 1. The first kappa shape index (κ1) is 12.5. The molecule has 0 spiro atoms. The number of allylic oxidation sites excluding steroid dienone is 2. The number of rotatable bonds is 5. The van der Waals surface area contributed by atoms with Crippen LogP contribution in [0.15, 0.2) is 40.6 Å². The van der Waals surface area contributed by atoms with Crippen molar-refractivity contribution in [3.63, 3.8) is 0 Å². The second-order valence-electron chi connectivity index (χ2n) is 3.48. The number of hydrogen-bond donors (Lipinski definition) is 0.